The molecule has 1 radical (unpaired) electrons. The van der Waals surface area contributed by atoms with E-state index in [-0.39, 0.29) is 0 Å². The number of hydrogen-bond donors (Lipinski definition) is 0. The van der Waals surface area contributed by atoms with Gasteiger partial charge in [0.25, 0.3) is 0 Å². The lowest BCUT2D eigenvalue weighted by Crippen LogP contribution is -1.95. The normalized spacial score (nSPS) is 14.8. The van der Waals surface area contributed by atoms with Gasteiger partial charge in [-0.25, -0.2) is 0 Å². The maximum Gasteiger partial charge on any atom is -0.0294 e. The highest BCUT2D eigenvalue weighted by Gasteiger charge is 2.02. The zero-order valence-electron chi connectivity index (χ0n) is 8.90. The molecular weight excluding hydrogens is 144 g/mol. The van der Waals surface area contributed by atoms with Crippen LogP contribution in [-0.4, -0.2) is 0 Å². The van der Waals surface area contributed by atoms with E-state index in [1.54, 1.807) is 5.57 Å². The summed E-state index contributed by atoms with van der Waals surface area (Å²) in [5.74, 6) is 0.759. The molecule has 0 heteroatoms. The molecule has 0 saturated carbocycles. The van der Waals surface area contributed by atoms with Crippen molar-refractivity contribution in [3.05, 3.63) is 18.6 Å². The van der Waals surface area contributed by atoms with Gasteiger partial charge in [0, 0.05) is 0 Å². The summed E-state index contributed by atoms with van der Waals surface area (Å²) in [6.45, 7) is 10.7. The van der Waals surface area contributed by atoms with Gasteiger partial charge in [-0.1, -0.05) is 52.2 Å². The van der Waals surface area contributed by atoms with Crippen LogP contribution in [0.1, 0.15) is 52.9 Å². The van der Waals surface area contributed by atoms with Crippen LogP contribution in [0.3, 0.4) is 0 Å². The third-order valence-corrected chi connectivity index (χ3v) is 2.17. The molecule has 0 aromatic heterocycles. The molecule has 0 amide bonds. The molecule has 0 bridgehead atoms. The molecule has 0 nitrogen and oxygen atoms in total. The van der Waals surface area contributed by atoms with Gasteiger partial charge in [0.15, 0.2) is 0 Å². The Balaban J connectivity index is 3.86. The first-order valence-electron chi connectivity index (χ1n) is 5.21. The van der Waals surface area contributed by atoms with E-state index >= 15 is 0 Å². The van der Waals surface area contributed by atoms with Crippen molar-refractivity contribution in [2.24, 2.45) is 5.92 Å². The van der Waals surface area contributed by atoms with Gasteiger partial charge in [0.1, 0.15) is 0 Å². The molecule has 0 aliphatic carbocycles. The minimum Gasteiger partial charge on any atom is -0.0856 e. The lowest BCUT2D eigenvalue weighted by atomic mass is 9.95. The molecule has 0 fully saturated rings. The molecule has 0 rings (SSSR count). The zero-order chi connectivity index (χ0) is 9.40. The van der Waals surface area contributed by atoms with Gasteiger partial charge >= 0.3 is 0 Å². The highest BCUT2D eigenvalue weighted by Crippen LogP contribution is 2.18. The fourth-order valence-corrected chi connectivity index (χ4v) is 1.45. The topological polar surface area (TPSA) is 0 Å². The third kappa shape index (κ3) is 5.40. The van der Waals surface area contributed by atoms with Crippen LogP contribution in [0.25, 0.3) is 0 Å². The van der Waals surface area contributed by atoms with E-state index in [9.17, 15) is 0 Å². The van der Waals surface area contributed by atoms with Crippen molar-refractivity contribution in [1.29, 1.82) is 0 Å². The Kier molecular flexibility index (Phi) is 7.23. The summed E-state index contributed by atoms with van der Waals surface area (Å²) < 4.78 is 0. The molecule has 71 valence electrons. The lowest BCUT2D eigenvalue weighted by molar-refractivity contribution is 0.569. The second-order valence-electron chi connectivity index (χ2n) is 3.62. The van der Waals surface area contributed by atoms with Crippen LogP contribution in [0.2, 0.25) is 0 Å². The van der Waals surface area contributed by atoms with E-state index in [1.807, 2.05) is 0 Å². The fourth-order valence-electron chi connectivity index (χ4n) is 1.45. The summed E-state index contributed by atoms with van der Waals surface area (Å²) in [4.78, 5) is 0. The summed E-state index contributed by atoms with van der Waals surface area (Å²) >= 11 is 0. The Morgan fingerprint density at radius 3 is 2.50 bits per heavy atom. The first kappa shape index (κ1) is 11.7. The molecule has 0 aliphatic heterocycles. The van der Waals surface area contributed by atoms with Gasteiger partial charge in [0.2, 0.25) is 0 Å². The minimum absolute atomic E-state index is 0.759. The molecule has 1 atom stereocenters. The Morgan fingerprint density at radius 1 is 1.42 bits per heavy atom. The third-order valence-electron chi connectivity index (χ3n) is 2.17. The van der Waals surface area contributed by atoms with Crippen LogP contribution < -0.4 is 0 Å². The van der Waals surface area contributed by atoms with Crippen LogP contribution in [0.4, 0.5) is 0 Å². The van der Waals surface area contributed by atoms with E-state index < -0.39 is 0 Å². The lowest BCUT2D eigenvalue weighted by Gasteiger charge is -2.11. The summed E-state index contributed by atoms with van der Waals surface area (Å²) in [6.07, 6.45) is 8.43. The van der Waals surface area contributed by atoms with Crippen LogP contribution in [0.15, 0.2) is 11.6 Å². The predicted molar refractivity (Wildman–Crippen MR) is 57.0 cm³/mol. The van der Waals surface area contributed by atoms with Crippen molar-refractivity contribution < 1.29 is 0 Å². The standard InChI is InChI=1S/C12H23/c1-5-8-12(9-6-2)10-11(4)7-3/h8,11H,3,5-7,9-10H2,1-2,4H3. The molecule has 0 heterocycles. The van der Waals surface area contributed by atoms with Gasteiger partial charge < -0.3 is 0 Å². The van der Waals surface area contributed by atoms with Crippen molar-refractivity contribution in [1.82, 2.24) is 0 Å². The van der Waals surface area contributed by atoms with E-state index in [4.69, 9.17) is 0 Å². The van der Waals surface area contributed by atoms with Gasteiger partial charge in [-0.3, -0.25) is 0 Å². The number of hydrogen-bond acceptors (Lipinski definition) is 0. The second-order valence-corrected chi connectivity index (χ2v) is 3.62. The van der Waals surface area contributed by atoms with E-state index in [2.05, 4.69) is 33.8 Å². The van der Waals surface area contributed by atoms with E-state index in [0.29, 0.717) is 0 Å². The van der Waals surface area contributed by atoms with E-state index in [1.165, 1.54) is 25.7 Å². The minimum atomic E-state index is 0.759. The summed E-state index contributed by atoms with van der Waals surface area (Å²) in [6, 6.07) is 0. The van der Waals surface area contributed by atoms with Crippen molar-refractivity contribution in [2.75, 3.05) is 0 Å². The highest BCUT2D eigenvalue weighted by atomic mass is 14.1. The van der Waals surface area contributed by atoms with Gasteiger partial charge in [-0.2, -0.15) is 0 Å². The van der Waals surface area contributed by atoms with Gasteiger partial charge in [-0.15, -0.1) is 0 Å². The quantitative estimate of drug-likeness (QED) is 0.515. The van der Waals surface area contributed by atoms with E-state index in [0.717, 1.165) is 12.3 Å². The summed E-state index contributed by atoms with van der Waals surface area (Å²) in [7, 11) is 0. The first-order chi connectivity index (χ1) is 5.74. The Hall–Kier alpha value is -0.260. The van der Waals surface area contributed by atoms with Gasteiger partial charge in [-0.05, 0) is 25.2 Å². The van der Waals surface area contributed by atoms with Crippen molar-refractivity contribution in [2.45, 2.75) is 52.9 Å². The SMILES string of the molecule is [CH2]CC(C)CC(=CCC)CCC. The van der Waals surface area contributed by atoms with Crippen LogP contribution in [-0.2, 0) is 0 Å². The first-order valence-corrected chi connectivity index (χ1v) is 5.21. The average Bonchev–Trinajstić information content (AvgIpc) is 2.05. The fraction of sp³-hybridized carbons (Fsp3) is 0.750. The zero-order valence-corrected chi connectivity index (χ0v) is 8.90. The molecule has 0 aromatic carbocycles. The maximum absolute atomic E-state index is 3.93. The smallest absolute Gasteiger partial charge is 0.0294 e. The second kappa shape index (κ2) is 7.39. The van der Waals surface area contributed by atoms with Crippen LogP contribution >= 0.6 is 0 Å². The van der Waals surface area contributed by atoms with Crippen molar-refractivity contribution in [3.8, 4) is 0 Å². The Bertz CT molecular complexity index is 122. The monoisotopic (exact) mass is 167 g/mol. The maximum atomic E-state index is 3.93. The van der Waals surface area contributed by atoms with Gasteiger partial charge in [0.05, 0.1) is 0 Å². The highest BCUT2D eigenvalue weighted by molar-refractivity contribution is 5.02. The van der Waals surface area contributed by atoms with Crippen LogP contribution in [0.5, 0.6) is 0 Å². The average molecular weight is 167 g/mol. The van der Waals surface area contributed by atoms with Crippen LogP contribution in [0, 0.1) is 12.8 Å². The molecule has 1 unspecified atom stereocenters. The summed E-state index contributed by atoms with van der Waals surface area (Å²) in [5, 5.41) is 0. The Labute approximate surface area is 78.1 Å². The Morgan fingerprint density at radius 2 is 2.08 bits per heavy atom. The number of allylic oxidation sites excluding steroid dienone is 2. The molecule has 12 heavy (non-hydrogen) atoms. The molecule has 0 aromatic rings. The predicted octanol–water partition coefficient (Wildman–Crippen LogP) is 4.37. The number of rotatable bonds is 6. The molecule has 0 N–H and O–H groups in total. The molecule has 0 saturated heterocycles. The summed E-state index contributed by atoms with van der Waals surface area (Å²) in [5.41, 5.74) is 1.64. The van der Waals surface area contributed by atoms with Crippen molar-refractivity contribution >= 4 is 0 Å². The largest absolute Gasteiger partial charge is 0.0856 e. The van der Waals surface area contributed by atoms with Crippen molar-refractivity contribution in [3.63, 3.8) is 0 Å². The molecule has 0 spiro atoms. The molecule has 0 aliphatic rings. The molecular formula is C12H23.